The van der Waals surface area contributed by atoms with Gasteiger partial charge in [0.2, 0.25) is 5.91 Å². The molecule has 0 aliphatic rings. The van der Waals surface area contributed by atoms with E-state index in [-0.39, 0.29) is 24.1 Å². The Morgan fingerprint density at radius 1 is 1.07 bits per heavy atom. The van der Waals surface area contributed by atoms with Crippen molar-refractivity contribution in [1.29, 1.82) is 0 Å². The number of aryl methyl sites for hydroxylation is 1. The zero-order valence-electron chi connectivity index (χ0n) is 15.5. The molecular formula is C21H17FN4O2S. The Balaban J connectivity index is 1.45. The van der Waals surface area contributed by atoms with E-state index in [1.807, 2.05) is 25.1 Å². The summed E-state index contributed by atoms with van der Waals surface area (Å²) in [6.45, 7) is 1.96. The number of nitrogens with one attached hydrogen (secondary N) is 3. The Hall–Kier alpha value is -3.52. The van der Waals surface area contributed by atoms with Crippen LogP contribution in [0.5, 0.6) is 0 Å². The minimum absolute atomic E-state index is 0.156. The minimum Gasteiger partial charge on any atom is -0.326 e. The van der Waals surface area contributed by atoms with E-state index < -0.39 is 0 Å². The van der Waals surface area contributed by atoms with Crippen molar-refractivity contribution in [2.24, 2.45) is 0 Å². The van der Waals surface area contributed by atoms with Gasteiger partial charge in [-0.15, -0.1) is 11.3 Å². The normalized spacial score (nSPS) is 10.8. The number of rotatable bonds is 5. The molecule has 0 spiro atoms. The smallest absolute Gasteiger partial charge is 0.256 e. The third-order valence-electron chi connectivity index (χ3n) is 4.32. The Bertz CT molecular complexity index is 1180. The lowest BCUT2D eigenvalue weighted by molar-refractivity contribution is -0.115. The summed E-state index contributed by atoms with van der Waals surface area (Å²) in [4.78, 5) is 26.2. The third-order valence-corrected chi connectivity index (χ3v) is 5.35. The van der Waals surface area contributed by atoms with Gasteiger partial charge in [-0.3, -0.25) is 14.7 Å². The fourth-order valence-corrected chi connectivity index (χ4v) is 3.82. The fourth-order valence-electron chi connectivity index (χ4n) is 2.83. The molecule has 0 saturated heterocycles. The van der Waals surface area contributed by atoms with Crippen LogP contribution < -0.4 is 10.6 Å². The largest absolute Gasteiger partial charge is 0.326 e. The van der Waals surface area contributed by atoms with Gasteiger partial charge in [0.15, 0.2) is 0 Å². The summed E-state index contributed by atoms with van der Waals surface area (Å²) >= 11 is 1.37. The maximum absolute atomic E-state index is 13.0. The average molecular weight is 408 g/mol. The van der Waals surface area contributed by atoms with Gasteiger partial charge in [-0.1, -0.05) is 17.7 Å². The van der Waals surface area contributed by atoms with E-state index in [4.69, 9.17) is 0 Å². The van der Waals surface area contributed by atoms with Crippen LogP contribution in [0.2, 0.25) is 0 Å². The average Bonchev–Trinajstić information content (AvgIpc) is 3.25. The molecule has 2 amide bonds. The molecule has 146 valence electrons. The highest BCUT2D eigenvalue weighted by Crippen LogP contribution is 2.30. The first-order valence-corrected chi connectivity index (χ1v) is 9.70. The fraction of sp³-hybridized carbons (Fsp3) is 0.0952. The lowest BCUT2D eigenvalue weighted by Crippen LogP contribution is -2.13. The van der Waals surface area contributed by atoms with Crippen molar-refractivity contribution in [2.45, 2.75) is 13.3 Å². The maximum atomic E-state index is 13.0. The summed E-state index contributed by atoms with van der Waals surface area (Å²) in [6.07, 6.45) is 0.156. The predicted octanol–water partition coefficient (Wildman–Crippen LogP) is 4.51. The molecule has 0 saturated carbocycles. The quantitative estimate of drug-likeness (QED) is 0.454. The Kier molecular flexibility index (Phi) is 5.09. The molecule has 2 aromatic heterocycles. The molecule has 0 bridgehead atoms. The molecule has 0 radical (unpaired) electrons. The molecule has 2 heterocycles. The van der Waals surface area contributed by atoms with Crippen molar-refractivity contribution < 1.29 is 14.0 Å². The first-order chi connectivity index (χ1) is 14.0. The summed E-state index contributed by atoms with van der Waals surface area (Å²) < 4.78 is 13.0. The van der Waals surface area contributed by atoms with E-state index in [0.29, 0.717) is 21.9 Å². The standard InChI is InChI=1S/C21H17FN4O2S/c1-12-2-4-13(5-3-12)20(28)24-19-17-10-16(29-21(17)26-25-19)11-18(27)23-15-8-6-14(22)7-9-15/h2-10H,11H2,1H3,(H,23,27)(H2,24,25,26,28). The molecule has 6 nitrogen and oxygen atoms in total. The SMILES string of the molecule is Cc1ccc(C(=O)Nc2[nH]nc3sc(CC(=O)Nc4ccc(F)cc4)cc23)cc1. The summed E-state index contributed by atoms with van der Waals surface area (Å²) in [5.41, 5.74) is 2.16. The van der Waals surface area contributed by atoms with Crippen molar-refractivity contribution in [3.63, 3.8) is 0 Å². The molecule has 4 rings (SSSR count). The van der Waals surface area contributed by atoms with Crippen LogP contribution in [0.3, 0.4) is 0 Å². The van der Waals surface area contributed by atoms with Gasteiger partial charge in [-0.05, 0) is 49.4 Å². The van der Waals surface area contributed by atoms with Crippen LogP contribution in [0.1, 0.15) is 20.8 Å². The number of aromatic amines is 1. The Morgan fingerprint density at radius 3 is 2.52 bits per heavy atom. The van der Waals surface area contributed by atoms with E-state index in [2.05, 4.69) is 20.8 Å². The molecule has 29 heavy (non-hydrogen) atoms. The Labute approximate surface area is 169 Å². The van der Waals surface area contributed by atoms with Gasteiger partial charge in [-0.2, -0.15) is 5.10 Å². The second-order valence-corrected chi connectivity index (χ2v) is 7.70. The van der Waals surface area contributed by atoms with Crippen molar-refractivity contribution >= 4 is 44.9 Å². The summed E-state index contributed by atoms with van der Waals surface area (Å²) in [6, 6.07) is 14.7. The number of aromatic nitrogens is 2. The summed E-state index contributed by atoms with van der Waals surface area (Å²) in [5, 5.41) is 13.3. The van der Waals surface area contributed by atoms with Crippen molar-refractivity contribution in [3.8, 4) is 0 Å². The number of H-pyrrole nitrogens is 1. The molecule has 3 N–H and O–H groups in total. The van der Waals surface area contributed by atoms with Crippen molar-refractivity contribution in [2.75, 3.05) is 10.6 Å². The van der Waals surface area contributed by atoms with Gasteiger partial charge in [0.1, 0.15) is 16.5 Å². The van der Waals surface area contributed by atoms with E-state index in [9.17, 15) is 14.0 Å². The van der Waals surface area contributed by atoms with Gasteiger partial charge >= 0.3 is 0 Å². The molecule has 0 fully saturated rings. The lowest BCUT2D eigenvalue weighted by atomic mass is 10.1. The van der Waals surface area contributed by atoms with Crippen LogP contribution in [0.25, 0.3) is 10.2 Å². The number of amides is 2. The first kappa shape index (κ1) is 18.8. The highest BCUT2D eigenvalue weighted by atomic mass is 32.1. The van der Waals surface area contributed by atoms with Gasteiger partial charge in [-0.25, -0.2) is 4.39 Å². The maximum Gasteiger partial charge on any atom is 0.256 e. The zero-order chi connectivity index (χ0) is 20.4. The molecule has 0 aliphatic carbocycles. The van der Waals surface area contributed by atoms with Crippen molar-refractivity contribution in [1.82, 2.24) is 10.2 Å². The van der Waals surface area contributed by atoms with Crippen LogP contribution in [-0.2, 0) is 11.2 Å². The van der Waals surface area contributed by atoms with E-state index in [1.54, 1.807) is 12.1 Å². The topological polar surface area (TPSA) is 86.9 Å². The number of thiophene rings is 1. The minimum atomic E-state index is -0.359. The first-order valence-electron chi connectivity index (χ1n) is 8.88. The van der Waals surface area contributed by atoms with Gasteiger partial charge in [0, 0.05) is 16.1 Å². The van der Waals surface area contributed by atoms with Gasteiger partial charge in [0.05, 0.1) is 11.8 Å². The van der Waals surface area contributed by atoms with Crippen LogP contribution in [-0.4, -0.2) is 22.0 Å². The highest BCUT2D eigenvalue weighted by molar-refractivity contribution is 7.18. The summed E-state index contributed by atoms with van der Waals surface area (Å²) in [5.74, 6) is -0.318. The number of anilines is 2. The van der Waals surface area contributed by atoms with Crippen LogP contribution in [0, 0.1) is 12.7 Å². The lowest BCUT2D eigenvalue weighted by Gasteiger charge is -2.04. The van der Waals surface area contributed by atoms with E-state index in [1.165, 1.54) is 35.6 Å². The number of fused-ring (bicyclic) bond motifs is 1. The van der Waals surface area contributed by atoms with Crippen molar-refractivity contribution in [3.05, 3.63) is 76.4 Å². The predicted molar refractivity (Wildman–Crippen MR) is 112 cm³/mol. The van der Waals surface area contributed by atoms with E-state index in [0.717, 1.165) is 15.8 Å². The second-order valence-electron chi connectivity index (χ2n) is 6.58. The number of halogens is 1. The molecule has 2 aromatic carbocycles. The van der Waals surface area contributed by atoms with E-state index >= 15 is 0 Å². The number of hydrogen-bond acceptors (Lipinski definition) is 4. The second kappa shape index (κ2) is 7.84. The number of carbonyl (C=O) groups is 2. The number of carbonyl (C=O) groups excluding carboxylic acids is 2. The molecular weight excluding hydrogens is 391 g/mol. The molecule has 0 aliphatic heterocycles. The van der Waals surface area contributed by atoms with Crippen LogP contribution >= 0.6 is 11.3 Å². The van der Waals surface area contributed by atoms with Crippen LogP contribution in [0.4, 0.5) is 15.9 Å². The molecule has 0 unspecified atom stereocenters. The highest BCUT2D eigenvalue weighted by Gasteiger charge is 2.15. The molecule has 0 atom stereocenters. The van der Waals surface area contributed by atoms with Gasteiger partial charge in [0.25, 0.3) is 5.91 Å². The monoisotopic (exact) mass is 408 g/mol. The summed E-state index contributed by atoms with van der Waals surface area (Å²) in [7, 11) is 0. The number of hydrogen-bond donors (Lipinski definition) is 3. The third kappa shape index (κ3) is 4.33. The Morgan fingerprint density at radius 2 is 1.79 bits per heavy atom. The van der Waals surface area contributed by atoms with Gasteiger partial charge < -0.3 is 10.6 Å². The zero-order valence-corrected chi connectivity index (χ0v) is 16.3. The van der Waals surface area contributed by atoms with Crippen LogP contribution in [0.15, 0.2) is 54.6 Å². The number of nitrogens with zero attached hydrogens (tertiary/aromatic N) is 1. The molecule has 4 aromatic rings. The molecule has 8 heteroatoms. The number of benzene rings is 2.